The molecule has 2 heterocycles. The van der Waals surface area contributed by atoms with Crippen molar-refractivity contribution in [2.75, 3.05) is 25.4 Å². The van der Waals surface area contributed by atoms with Gasteiger partial charge in [0.15, 0.2) is 5.96 Å². The molecule has 25 heavy (non-hydrogen) atoms. The molecule has 5 nitrogen and oxygen atoms in total. The van der Waals surface area contributed by atoms with Gasteiger partial charge >= 0.3 is 0 Å². The number of guanidine groups is 1. The van der Waals surface area contributed by atoms with E-state index in [2.05, 4.69) is 68.5 Å². The van der Waals surface area contributed by atoms with Gasteiger partial charge in [0.2, 0.25) is 5.89 Å². The van der Waals surface area contributed by atoms with E-state index < -0.39 is 0 Å². The lowest BCUT2D eigenvalue weighted by Crippen LogP contribution is -2.49. The maximum Gasteiger partial charge on any atom is 0.216 e. The smallest absolute Gasteiger partial charge is 0.216 e. The summed E-state index contributed by atoms with van der Waals surface area (Å²) >= 11 is 2.08. The Labute approximate surface area is 173 Å². The molecule has 1 aromatic rings. The number of aliphatic imine (C=N–C) groups is 1. The third-order valence-corrected chi connectivity index (χ3v) is 5.67. The van der Waals surface area contributed by atoms with Crippen LogP contribution in [0.25, 0.3) is 0 Å². The van der Waals surface area contributed by atoms with Crippen LogP contribution in [0.2, 0.25) is 0 Å². The molecule has 7 heteroatoms. The van der Waals surface area contributed by atoms with E-state index in [4.69, 9.17) is 9.41 Å². The lowest BCUT2D eigenvalue weighted by Gasteiger charge is -2.36. The molecule has 0 spiro atoms. The third-order valence-electron chi connectivity index (χ3n) is 4.13. The summed E-state index contributed by atoms with van der Waals surface area (Å²) in [5.41, 5.74) is -0.0198. The van der Waals surface area contributed by atoms with Gasteiger partial charge in [-0.15, -0.1) is 24.0 Å². The SMILES string of the molecule is CCNC(=NCc1ncc(C(C)(C)C)o1)N1CCSC(C(C)C)C1.I. The molecule has 0 radical (unpaired) electrons. The molecule has 1 atom stereocenters. The molecule has 1 aromatic heterocycles. The van der Waals surface area contributed by atoms with Crippen molar-refractivity contribution < 1.29 is 4.42 Å². The molecule has 1 N–H and O–H groups in total. The fourth-order valence-electron chi connectivity index (χ4n) is 2.57. The summed E-state index contributed by atoms with van der Waals surface area (Å²) in [6, 6.07) is 0. The van der Waals surface area contributed by atoms with Crippen molar-refractivity contribution >= 4 is 41.7 Å². The number of halogens is 1. The molecule has 2 rings (SSSR count). The van der Waals surface area contributed by atoms with Crippen LogP contribution in [-0.2, 0) is 12.0 Å². The first-order valence-electron chi connectivity index (χ1n) is 8.91. The molecule has 1 saturated heterocycles. The molecule has 1 aliphatic heterocycles. The zero-order chi connectivity index (χ0) is 17.7. The van der Waals surface area contributed by atoms with Gasteiger partial charge in [-0.25, -0.2) is 9.98 Å². The number of hydrogen-bond acceptors (Lipinski definition) is 4. The van der Waals surface area contributed by atoms with E-state index in [-0.39, 0.29) is 29.4 Å². The second kappa shape index (κ2) is 10.0. The number of rotatable bonds is 4. The Bertz CT molecular complexity index is 554. The first-order valence-corrected chi connectivity index (χ1v) is 9.96. The molecule has 0 aliphatic carbocycles. The molecular weight excluding hydrogens is 447 g/mol. The summed E-state index contributed by atoms with van der Waals surface area (Å²) in [6.07, 6.45) is 1.82. The van der Waals surface area contributed by atoms with Crippen LogP contribution in [0.5, 0.6) is 0 Å². The minimum absolute atomic E-state index is 0. The minimum atomic E-state index is -0.0198. The maximum atomic E-state index is 5.85. The van der Waals surface area contributed by atoms with Gasteiger partial charge in [0.25, 0.3) is 0 Å². The average molecular weight is 480 g/mol. The van der Waals surface area contributed by atoms with E-state index in [9.17, 15) is 0 Å². The Balaban J connectivity index is 0.00000312. The summed E-state index contributed by atoms with van der Waals surface area (Å²) in [4.78, 5) is 11.5. The van der Waals surface area contributed by atoms with Crippen molar-refractivity contribution in [1.82, 2.24) is 15.2 Å². The van der Waals surface area contributed by atoms with Crippen LogP contribution in [0.4, 0.5) is 0 Å². The van der Waals surface area contributed by atoms with Crippen LogP contribution in [0, 0.1) is 5.92 Å². The van der Waals surface area contributed by atoms with Crippen LogP contribution in [0.1, 0.15) is 53.2 Å². The molecule has 1 aliphatic rings. The molecule has 1 unspecified atom stereocenters. The van der Waals surface area contributed by atoms with E-state index in [0.717, 1.165) is 37.1 Å². The second-order valence-electron chi connectivity index (χ2n) is 7.64. The van der Waals surface area contributed by atoms with E-state index >= 15 is 0 Å². The number of hydrogen-bond donors (Lipinski definition) is 1. The van der Waals surface area contributed by atoms with Crippen LogP contribution in [-0.4, -0.2) is 46.5 Å². The predicted octanol–water partition coefficient (Wildman–Crippen LogP) is 4.13. The van der Waals surface area contributed by atoms with Crippen LogP contribution in [0.3, 0.4) is 0 Å². The highest BCUT2D eigenvalue weighted by Gasteiger charge is 2.25. The number of oxazole rings is 1. The fraction of sp³-hybridized carbons (Fsp3) is 0.778. The first-order chi connectivity index (χ1) is 11.3. The zero-order valence-electron chi connectivity index (χ0n) is 16.3. The fourth-order valence-corrected chi connectivity index (χ4v) is 3.87. The van der Waals surface area contributed by atoms with Crippen molar-refractivity contribution in [3.8, 4) is 0 Å². The highest BCUT2D eigenvalue weighted by molar-refractivity contribution is 14.0. The normalized spacial score (nSPS) is 19.1. The molecule has 0 bridgehead atoms. The van der Waals surface area contributed by atoms with Gasteiger partial charge in [0.05, 0.1) is 6.20 Å². The average Bonchev–Trinajstić information content (AvgIpc) is 3.00. The highest BCUT2D eigenvalue weighted by Crippen LogP contribution is 2.25. The second-order valence-corrected chi connectivity index (χ2v) is 8.98. The molecule has 1 fully saturated rings. The largest absolute Gasteiger partial charge is 0.443 e. The summed E-state index contributed by atoms with van der Waals surface area (Å²) in [6.45, 7) is 16.5. The lowest BCUT2D eigenvalue weighted by molar-refractivity contribution is 0.372. The van der Waals surface area contributed by atoms with Crippen molar-refractivity contribution in [3.05, 3.63) is 17.8 Å². The Kier molecular flexibility index (Phi) is 9.08. The lowest BCUT2D eigenvalue weighted by atomic mass is 9.94. The zero-order valence-corrected chi connectivity index (χ0v) is 19.5. The highest BCUT2D eigenvalue weighted by atomic mass is 127. The van der Waals surface area contributed by atoms with Gasteiger partial charge in [-0.1, -0.05) is 34.6 Å². The molecule has 0 amide bonds. The number of nitrogens with one attached hydrogen (secondary N) is 1. The summed E-state index contributed by atoms with van der Waals surface area (Å²) < 4.78 is 5.85. The summed E-state index contributed by atoms with van der Waals surface area (Å²) in [7, 11) is 0. The van der Waals surface area contributed by atoms with Gasteiger partial charge in [0.1, 0.15) is 12.3 Å². The van der Waals surface area contributed by atoms with Gasteiger partial charge in [-0.2, -0.15) is 11.8 Å². The van der Waals surface area contributed by atoms with E-state index in [1.807, 2.05) is 6.20 Å². The van der Waals surface area contributed by atoms with Gasteiger partial charge < -0.3 is 14.6 Å². The predicted molar refractivity (Wildman–Crippen MR) is 118 cm³/mol. The van der Waals surface area contributed by atoms with Gasteiger partial charge in [-0.3, -0.25) is 0 Å². The molecular formula is C18H33IN4OS. The van der Waals surface area contributed by atoms with Crippen LogP contribution in [0.15, 0.2) is 15.6 Å². The monoisotopic (exact) mass is 480 g/mol. The molecule has 0 saturated carbocycles. The third kappa shape index (κ3) is 6.66. The van der Waals surface area contributed by atoms with Crippen LogP contribution < -0.4 is 5.32 Å². The Morgan fingerprint density at radius 3 is 2.76 bits per heavy atom. The summed E-state index contributed by atoms with van der Waals surface area (Å²) in [5, 5.41) is 4.08. The van der Waals surface area contributed by atoms with Crippen LogP contribution >= 0.6 is 35.7 Å². The minimum Gasteiger partial charge on any atom is -0.443 e. The van der Waals surface area contributed by atoms with Crippen molar-refractivity contribution in [1.29, 1.82) is 0 Å². The Hall–Kier alpha value is -0.440. The molecule has 0 aromatic carbocycles. The van der Waals surface area contributed by atoms with Gasteiger partial charge in [0, 0.05) is 36.1 Å². The van der Waals surface area contributed by atoms with E-state index in [1.165, 1.54) is 0 Å². The van der Waals surface area contributed by atoms with Crippen molar-refractivity contribution in [2.45, 2.75) is 58.8 Å². The van der Waals surface area contributed by atoms with Crippen molar-refractivity contribution in [2.24, 2.45) is 10.9 Å². The standard InChI is InChI=1S/C18H32N4OS.HI/c1-7-19-17(22-8-9-24-14(12-22)13(2)3)21-11-16-20-10-15(23-16)18(4,5)6;/h10,13-14H,7-9,11-12H2,1-6H3,(H,19,21);1H. The maximum absolute atomic E-state index is 5.85. The van der Waals surface area contributed by atoms with Crippen molar-refractivity contribution in [3.63, 3.8) is 0 Å². The molecule has 144 valence electrons. The first kappa shape index (κ1) is 22.6. The number of thioether (sulfide) groups is 1. The Morgan fingerprint density at radius 2 is 2.20 bits per heavy atom. The number of aromatic nitrogens is 1. The van der Waals surface area contributed by atoms with E-state index in [0.29, 0.717) is 23.6 Å². The number of nitrogens with zero attached hydrogens (tertiary/aromatic N) is 3. The summed E-state index contributed by atoms with van der Waals surface area (Å²) in [5.74, 6) is 4.40. The van der Waals surface area contributed by atoms with Gasteiger partial charge in [-0.05, 0) is 12.8 Å². The topological polar surface area (TPSA) is 53.7 Å². The Morgan fingerprint density at radius 1 is 1.48 bits per heavy atom. The quantitative estimate of drug-likeness (QED) is 0.399. The van der Waals surface area contributed by atoms with E-state index in [1.54, 1.807) is 0 Å².